The van der Waals surface area contributed by atoms with Gasteiger partial charge in [-0.25, -0.2) is 8.42 Å². The minimum Gasteiger partial charge on any atom is -0.357 e. The Hall–Kier alpha value is -3.07. The van der Waals surface area contributed by atoms with Crippen LogP contribution in [0.5, 0.6) is 0 Å². The first kappa shape index (κ1) is 29.5. The highest BCUT2D eigenvalue weighted by molar-refractivity contribution is 7.92. The maximum absolute atomic E-state index is 14.0. The van der Waals surface area contributed by atoms with E-state index in [9.17, 15) is 18.0 Å². The van der Waals surface area contributed by atoms with Crippen molar-refractivity contribution < 1.29 is 18.0 Å². The van der Waals surface area contributed by atoms with Gasteiger partial charge in [0.25, 0.3) is 0 Å². The summed E-state index contributed by atoms with van der Waals surface area (Å²) in [5.74, 6) is -0.975. The zero-order valence-corrected chi connectivity index (χ0v) is 24.1. The summed E-state index contributed by atoms with van der Waals surface area (Å²) in [7, 11) is -2.35. The van der Waals surface area contributed by atoms with E-state index in [1.54, 1.807) is 36.4 Å². The normalized spacial score (nSPS) is 12.1. The molecule has 1 N–H and O–H groups in total. The third-order valence-electron chi connectivity index (χ3n) is 6.37. The number of hydrogen-bond donors (Lipinski definition) is 1. The van der Waals surface area contributed by atoms with Crippen molar-refractivity contribution in [2.75, 3.05) is 24.2 Å². The molecule has 3 aromatic carbocycles. The van der Waals surface area contributed by atoms with Crippen molar-refractivity contribution in [3.63, 3.8) is 0 Å². The van der Waals surface area contributed by atoms with Crippen LogP contribution in [0.25, 0.3) is 0 Å². The van der Waals surface area contributed by atoms with Crippen LogP contribution < -0.4 is 9.62 Å². The van der Waals surface area contributed by atoms with Gasteiger partial charge in [0.2, 0.25) is 21.8 Å². The SMILES string of the molecule is CNC(=O)[C@H](Cc1ccccc1)N(Cc1c(Cl)cccc1Cl)C(=O)CN(c1ccc(C)c(C)c1)S(C)(=O)=O. The molecule has 38 heavy (non-hydrogen) atoms. The lowest BCUT2D eigenvalue weighted by atomic mass is 10.0. The molecule has 3 aromatic rings. The summed E-state index contributed by atoms with van der Waals surface area (Å²) >= 11 is 12.9. The number of aryl methyl sites for hydroxylation is 2. The monoisotopic (exact) mass is 575 g/mol. The van der Waals surface area contributed by atoms with Gasteiger partial charge in [0.15, 0.2) is 0 Å². The molecule has 0 saturated carbocycles. The number of nitrogens with one attached hydrogen (secondary N) is 1. The molecule has 0 saturated heterocycles. The molecule has 0 fully saturated rings. The maximum Gasteiger partial charge on any atom is 0.244 e. The highest BCUT2D eigenvalue weighted by Gasteiger charge is 2.33. The van der Waals surface area contributed by atoms with Crippen LogP contribution in [0.15, 0.2) is 66.7 Å². The average molecular weight is 577 g/mol. The summed E-state index contributed by atoms with van der Waals surface area (Å²) < 4.78 is 26.7. The molecular weight excluding hydrogens is 545 g/mol. The van der Waals surface area contributed by atoms with Crippen LogP contribution in [-0.2, 0) is 32.6 Å². The van der Waals surface area contributed by atoms with Crippen molar-refractivity contribution in [1.29, 1.82) is 0 Å². The fourth-order valence-corrected chi connectivity index (χ4v) is 5.43. The van der Waals surface area contributed by atoms with Crippen molar-refractivity contribution in [2.24, 2.45) is 0 Å². The van der Waals surface area contributed by atoms with E-state index >= 15 is 0 Å². The lowest BCUT2D eigenvalue weighted by molar-refractivity contribution is -0.139. The molecule has 0 heterocycles. The number of likely N-dealkylation sites (N-methyl/N-ethyl adjacent to an activating group) is 1. The molecule has 7 nitrogen and oxygen atoms in total. The van der Waals surface area contributed by atoms with E-state index in [1.807, 2.05) is 44.2 Å². The Labute approximate surface area is 234 Å². The van der Waals surface area contributed by atoms with Crippen molar-refractivity contribution >= 4 is 50.7 Å². The maximum atomic E-state index is 14.0. The Morgan fingerprint density at radius 2 is 1.55 bits per heavy atom. The van der Waals surface area contributed by atoms with E-state index in [2.05, 4.69) is 5.32 Å². The van der Waals surface area contributed by atoms with Gasteiger partial charge >= 0.3 is 0 Å². The number of carbonyl (C=O) groups is 2. The van der Waals surface area contributed by atoms with Crippen LogP contribution in [0.4, 0.5) is 5.69 Å². The molecule has 0 aromatic heterocycles. The summed E-state index contributed by atoms with van der Waals surface area (Å²) in [5, 5.41) is 3.30. The number of benzene rings is 3. The topological polar surface area (TPSA) is 86.8 Å². The molecular formula is C28H31Cl2N3O4S. The number of halogens is 2. The van der Waals surface area contributed by atoms with E-state index < -0.39 is 34.4 Å². The second-order valence-electron chi connectivity index (χ2n) is 9.08. The van der Waals surface area contributed by atoms with Crippen molar-refractivity contribution in [3.8, 4) is 0 Å². The van der Waals surface area contributed by atoms with Gasteiger partial charge in [0, 0.05) is 35.6 Å². The summed E-state index contributed by atoms with van der Waals surface area (Å²) in [5.41, 5.74) is 3.53. The second kappa shape index (κ2) is 12.7. The molecule has 10 heteroatoms. The molecule has 0 aliphatic heterocycles. The molecule has 0 spiro atoms. The van der Waals surface area contributed by atoms with Crippen LogP contribution in [0.3, 0.4) is 0 Å². The van der Waals surface area contributed by atoms with Gasteiger partial charge in [-0.05, 0) is 54.8 Å². The van der Waals surface area contributed by atoms with Crippen LogP contribution in [0.1, 0.15) is 22.3 Å². The molecule has 0 aliphatic carbocycles. The minimum absolute atomic E-state index is 0.0905. The molecule has 0 bridgehead atoms. The molecule has 0 unspecified atom stereocenters. The summed E-state index contributed by atoms with van der Waals surface area (Å²) in [6, 6.07) is 18.5. The van der Waals surface area contributed by atoms with Crippen molar-refractivity contribution in [3.05, 3.63) is 99.0 Å². The van der Waals surface area contributed by atoms with E-state index in [-0.39, 0.29) is 13.0 Å². The largest absolute Gasteiger partial charge is 0.357 e. The van der Waals surface area contributed by atoms with Crippen LogP contribution in [-0.4, -0.2) is 51.0 Å². The number of carbonyl (C=O) groups excluding carboxylic acids is 2. The van der Waals surface area contributed by atoms with Gasteiger partial charge in [-0.3, -0.25) is 13.9 Å². The quantitative estimate of drug-likeness (QED) is 0.377. The molecule has 2 amide bonds. The Kier molecular flexibility index (Phi) is 9.82. The number of rotatable bonds is 10. The van der Waals surface area contributed by atoms with E-state index in [1.165, 1.54) is 11.9 Å². The van der Waals surface area contributed by atoms with E-state index in [0.717, 1.165) is 27.3 Å². The molecule has 202 valence electrons. The molecule has 1 atom stereocenters. The number of nitrogens with zero attached hydrogens (tertiary/aromatic N) is 2. The summed E-state index contributed by atoms with van der Waals surface area (Å²) in [6.07, 6.45) is 1.25. The Bertz CT molecular complexity index is 1390. The van der Waals surface area contributed by atoms with Crippen LogP contribution in [0.2, 0.25) is 10.0 Å². The molecule has 0 aliphatic rings. The van der Waals surface area contributed by atoms with Gasteiger partial charge in [-0.1, -0.05) is 65.7 Å². The first-order chi connectivity index (χ1) is 17.9. The van der Waals surface area contributed by atoms with Crippen molar-refractivity contribution in [2.45, 2.75) is 32.9 Å². The Balaban J connectivity index is 2.08. The molecule has 0 radical (unpaired) electrons. The summed E-state index contributed by atoms with van der Waals surface area (Å²) in [6.45, 7) is 3.19. The lowest BCUT2D eigenvalue weighted by Crippen LogP contribution is -2.53. The average Bonchev–Trinajstić information content (AvgIpc) is 2.87. The third kappa shape index (κ3) is 7.28. The zero-order chi connectivity index (χ0) is 28.0. The van der Waals surface area contributed by atoms with Gasteiger partial charge in [0.05, 0.1) is 11.9 Å². The van der Waals surface area contributed by atoms with Gasteiger partial charge in [0.1, 0.15) is 12.6 Å². The highest BCUT2D eigenvalue weighted by atomic mass is 35.5. The predicted molar refractivity (Wildman–Crippen MR) is 153 cm³/mol. The fraction of sp³-hybridized carbons (Fsp3) is 0.286. The predicted octanol–water partition coefficient (Wildman–Crippen LogP) is 4.76. The van der Waals surface area contributed by atoms with Gasteiger partial charge < -0.3 is 10.2 Å². The summed E-state index contributed by atoms with van der Waals surface area (Å²) in [4.78, 5) is 28.5. The fourth-order valence-electron chi connectivity index (χ4n) is 4.07. The van der Waals surface area contributed by atoms with E-state index in [0.29, 0.717) is 21.3 Å². The number of sulfonamides is 1. The smallest absolute Gasteiger partial charge is 0.244 e. The third-order valence-corrected chi connectivity index (χ3v) is 8.21. The lowest BCUT2D eigenvalue weighted by Gasteiger charge is -2.33. The van der Waals surface area contributed by atoms with Crippen LogP contribution >= 0.6 is 23.2 Å². The first-order valence-electron chi connectivity index (χ1n) is 11.9. The zero-order valence-electron chi connectivity index (χ0n) is 21.7. The van der Waals surface area contributed by atoms with E-state index in [4.69, 9.17) is 23.2 Å². The molecule has 3 rings (SSSR count). The van der Waals surface area contributed by atoms with Gasteiger partial charge in [-0.15, -0.1) is 0 Å². The Morgan fingerprint density at radius 3 is 2.11 bits per heavy atom. The first-order valence-corrected chi connectivity index (χ1v) is 14.6. The number of hydrogen-bond acceptors (Lipinski definition) is 4. The van der Waals surface area contributed by atoms with Gasteiger partial charge in [-0.2, -0.15) is 0 Å². The Morgan fingerprint density at radius 1 is 0.921 bits per heavy atom. The van der Waals surface area contributed by atoms with Crippen LogP contribution in [0, 0.1) is 13.8 Å². The second-order valence-corrected chi connectivity index (χ2v) is 11.8. The standard InChI is InChI=1S/C28H31Cl2N3O4S/c1-19-13-14-22(15-20(19)2)33(38(4,36)37)18-27(34)32(17-23-24(29)11-8-12-25(23)30)26(28(35)31-3)16-21-9-6-5-7-10-21/h5-15,26H,16-18H2,1-4H3,(H,31,35)/t26-/m0/s1. The van der Waals surface area contributed by atoms with Crippen molar-refractivity contribution in [1.82, 2.24) is 10.2 Å². The highest BCUT2D eigenvalue weighted by Crippen LogP contribution is 2.28. The number of amides is 2. The minimum atomic E-state index is -3.84. The number of anilines is 1.